The van der Waals surface area contributed by atoms with Gasteiger partial charge in [-0.3, -0.25) is 4.98 Å². The summed E-state index contributed by atoms with van der Waals surface area (Å²) in [7, 11) is 0. The fourth-order valence-corrected chi connectivity index (χ4v) is 2.55. The van der Waals surface area contributed by atoms with E-state index in [-0.39, 0.29) is 0 Å². The van der Waals surface area contributed by atoms with Crippen molar-refractivity contribution in [1.82, 2.24) is 10.3 Å². The Kier molecular flexibility index (Phi) is 6.42. The highest BCUT2D eigenvalue weighted by molar-refractivity contribution is 5.25. The van der Waals surface area contributed by atoms with Crippen molar-refractivity contribution in [2.75, 3.05) is 6.54 Å². The molecule has 0 saturated heterocycles. The highest BCUT2D eigenvalue weighted by atomic mass is 14.9. The van der Waals surface area contributed by atoms with Crippen LogP contribution >= 0.6 is 0 Å². The van der Waals surface area contributed by atoms with Crippen molar-refractivity contribution in [1.29, 1.82) is 0 Å². The van der Waals surface area contributed by atoms with Gasteiger partial charge in [0.05, 0.1) is 0 Å². The third-order valence-corrected chi connectivity index (χ3v) is 3.88. The Balaban J connectivity index is 2.02. The minimum Gasteiger partial charge on any atom is -0.310 e. The van der Waals surface area contributed by atoms with Crippen LogP contribution in [0.15, 0.2) is 48.8 Å². The van der Waals surface area contributed by atoms with Gasteiger partial charge in [0.2, 0.25) is 0 Å². The summed E-state index contributed by atoms with van der Waals surface area (Å²) in [6.45, 7) is 5.48. The molecule has 0 saturated carbocycles. The number of hydrogen-bond acceptors (Lipinski definition) is 2. The summed E-state index contributed by atoms with van der Waals surface area (Å²) in [6.07, 6.45) is 8.23. The molecule has 0 radical (unpaired) electrons. The zero-order chi connectivity index (χ0) is 14.9. The highest BCUT2D eigenvalue weighted by Crippen LogP contribution is 2.20. The van der Waals surface area contributed by atoms with Crippen LogP contribution in [0.1, 0.15) is 49.4 Å². The number of hydrogen-bond donors (Lipinski definition) is 1. The van der Waals surface area contributed by atoms with Gasteiger partial charge < -0.3 is 5.32 Å². The van der Waals surface area contributed by atoms with Crippen LogP contribution in [0.25, 0.3) is 0 Å². The Morgan fingerprint density at radius 1 is 1.05 bits per heavy atom. The minimum absolute atomic E-state index is 0.427. The summed E-state index contributed by atoms with van der Waals surface area (Å²) in [4.78, 5) is 4.20. The normalized spacial score (nSPS) is 12.3. The third-order valence-electron chi connectivity index (χ3n) is 3.88. The maximum absolute atomic E-state index is 4.20. The molecule has 2 heteroatoms. The maximum atomic E-state index is 4.20. The Morgan fingerprint density at radius 3 is 2.48 bits per heavy atom. The standard InChI is InChI=1S/C19H26N2/c1-3-13-21-19(12-9-17-6-5-14-20-15-17)18-10-7-16(4-2)8-11-18/h5-8,10-11,14-15,19,21H,3-4,9,12-13H2,1-2H3. The average molecular weight is 282 g/mol. The van der Waals surface area contributed by atoms with E-state index < -0.39 is 0 Å². The summed E-state index contributed by atoms with van der Waals surface area (Å²) in [5, 5.41) is 3.67. The lowest BCUT2D eigenvalue weighted by atomic mass is 9.98. The summed E-state index contributed by atoms with van der Waals surface area (Å²) >= 11 is 0. The molecule has 1 unspecified atom stereocenters. The van der Waals surface area contributed by atoms with Gasteiger partial charge in [0.25, 0.3) is 0 Å². The lowest BCUT2D eigenvalue weighted by Gasteiger charge is -2.19. The highest BCUT2D eigenvalue weighted by Gasteiger charge is 2.10. The number of pyridine rings is 1. The Morgan fingerprint density at radius 2 is 1.86 bits per heavy atom. The van der Waals surface area contributed by atoms with Gasteiger partial charge in [0.15, 0.2) is 0 Å². The maximum Gasteiger partial charge on any atom is 0.0323 e. The first-order valence-electron chi connectivity index (χ1n) is 8.04. The predicted octanol–water partition coefficient (Wildman–Crippen LogP) is 4.32. The molecule has 0 spiro atoms. The van der Waals surface area contributed by atoms with E-state index in [1.165, 1.54) is 16.7 Å². The molecule has 1 N–H and O–H groups in total. The largest absolute Gasteiger partial charge is 0.310 e. The zero-order valence-electron chi connectivity index (χ0n) is 13.2. The molecule has 0 amide bonds. The Hall–Kier alpha value is -1.67. The molecule has 2 rings (SSSR count). The molecule has 1 atom stereocenters. The summed E-state index contributed by atoms with van der Waals surface area (Å²) in [5.74, 6) is 0. The van der Waals surface area contributed by atoms with Crippen LogP contribution < -0.4 is 5.32 Å². The molecule has 21 heavy (non-hydrogen) atoms. The molecule has 0 aliphatic heterocycles. The van der Waals surface area contributed by atoms with E-state index in [1.54, 1.807) is 0 Å². The third kappa shape index (κ3) is 4.98. The van der Waals surface area contributed by atoms with E-state index in [0.29, 0.717) is 6.04 Å². The second kappa shape index (κ2) is 8.58. The summed E-state index contributed by atoms with van der Waals surface area (Å²) in [6, 6.07) is 13.6. The number of nitrogens with one attached hydrogen (secondary N) is 1. The molecular formula is C19H26N2. The number of aromatic nitrogens is 1. The van der Waals surface area contributed by atoms with E-state index in [0.717, 1.165) is 32.2 Å². The molecule has 1 aromatic carbocycles. The van der Waals surface area contributed by atoms with Gasteiger partial charge >= 0.3 is 0 Å². The minimum atomic E-state index is 0.427. The van der Waals surface area contributed by atoms with Crippen molar-refractivity contribution in [3.05, 3.63) is 65.5 Å². The lowest BCUT2D eigenvalue weighted by Crippen LogP contribution is -2.22. The molecule has 0 fully saturated rings. The van der Waals surface area contributed by atoms with Crippen molar-refractivity contribution in [3.63, 3.8) is 0 Å². The molecule has 1 aromatic heterocycles. The zero-order valence-corrected chi connectivity index (χ0v) is 13.2. The lowest BCUT2D eigenvalue weighted by molar-refractivity contribution is 0.499. The Labute approximate surface area is 128 Å². The van der Waals surface area contributed by atoms with E-state index in [1.807, 2.05) is 18.5 Å². The first-order chi connectivity index (χ1) is 10.3. The van der Waals surface area contributed by atoms with Crippen molar-refractivity contribution in [3.8, 4) is 0 Å². The van der Waals surface area contributed by atoms with Crippen molar-refractivity contribution >= 4 is 0 Å². The Bertz CT molecular complexity index is 505. The van der Waals surface area contributed by atoms with Crippen LogP contribution in [0.5, 0.6) is 0 Å². The van der Waals surface area contributed by atoms with Crippen LogP contribution in [0.2, 0.25) is 0 Å². The smallest absolute Gasteiger partial charge is 0.0323 e. The van der Waals surface area contributed by atoms with Gasteiger partial charge in [0.1, 0.15) is 0 Å². The average Bonchev–Trinajstić information content (AvgIpc) is 2.56. The van der Waals surface area contributed by atoms with Crippen LogP contribution in [0, 0.1) is 0 Å². The van der Waals surface area contributed by atoms with Crippen molar-refractivity contribution < 1.29 is 0 Å². The SMILES string of the molecule is CCCNC(CCc1cccnc1)c1ccc(CC)cc1. The number of aryl methyl sites for hydroxylation is 2. The van der Waals surface area contributed by atoms with Gasteiger partial charge in [-0.1, -0.05) is 44.2 Å². The van der Waals surface area contributed by atoms with Crippen molar-refractivity contribution in [2.24, 2.45) is 0 Å². The fraction of sp³-hybridized carbons (Fsp3) is 0.421. The van der Waals surface area contributed by atoms with Gasteiger partial charge in [-0.2, -0.15) is 0 Å². The number of rotatable bonds is 8. The molecule has 0 aliphatic rings. The van der Waals surface area contributed by atoms with Crippen molar-refractivity contribution in [2.45, 2.75) is 45.6 Å². The van der Waals surface area contributed by atoms with Crippen LogP contribution in [-0.4, -0.2) is 11.5 Å². The fourth-order valence-electron chi connectivity index (χ4n) is 2.55. The first kappa shape index (κ1) is 15.7. The molecule has 0 aliphatic carbocycles. The van der Waals surface area contributed by atoms with Gasteiger partial charge in [-0.05, 0) is 55.0 Å². The predicted molar refractivity (Wildman–Crippen MR) is 89.4 cm³/mol. The number of nitrogens with zero attached hydrogens (tertiary/aromatic N) is 1. The van der Waals surface area contributed by atoms with E-state index >= 15 is 0 Å². The molecule has 0 bridgehead atoms. The van der Waals surface area contributed by atoms with E-state index in [9.17, 15) is 0 Å². The molecule has 2 nitrogen and oxygen atoms in total. The molecular weight excluding hydrogens is 256 g/mol. The number of benzene rings is 1. The topological polar surface area (TPSA) is 24.9 Å². The molecule has 112 valence electrons. The summed E-state index contributed by atoms with van der Waals surface area (Å²) in [5.41, 5.74) is 4.11. The van der Waals surface area contributed by atoms with E-state index in [4.69, 9.17) is 0 Å². The van der Waals surface area contributed by atoms with Crippen LogP contribution in [0.4, 0.5) is 0 Å². The monoisotopic (exact) mass is 282 g/mol. The second-order valence-electron chi connectivity index (χ2n) is 5.50. The second-order valence-corrected chi connectivity index (χ2v) is 5.50. The first-order valence-corrected chi connectivity index (χ1v) is 8.04. The molecule has 2 aromatic rings. The van der Waals surface area contributed by atoms with Crippen LogP contribution in [-0.2, 0) is 12.8 Å². The van der Waals surface area contributed by atoms with Gasteiger partial charge in [-0.15, -0.1) is 0 Å². The molecule has 1 heterocycles. The quantitative estimate of drug-likeness (QED) is 0.780. The summed E-state index contributed by atoms with van der Waals surface area (Å²) < 4.78 is 0. The van der Waals surface area contributed by atoms with Gasteiger partial charge in [0, 0.05) is 18.4 Å². The van der Waals surface area contributed by atoms with E-state index in [2.05, 4.69) is 54.5 Å². The van der Waals surface area contributed by atoms with Gasteiger partial charge in [-0.25, -0.2) is 0 Å². The van der Waals surface area contributed by atoms with Crippen LogP contribution in [0.3, 0.4) is 0 Å².